The third-order valence-electron chi connectivity index (χ3n) is 2.82. The highest BCUT2D eigenvalue weighted by atomic mass is 32.2. The second kappa shape index (κ2) is 9.02. The molecule has 23 heavy (non-hydrogen) atoms. The van der Waals surface area contributed by atoms with Gasteiger partial charge in [0.1, 0.15) is 11.5 Å². The zero-order valence-corrected chi connectivity index (χ0v) is 13.9. The summed E-state index contributed by atoms with van der Waals surface area (Å²) < 4.78 is 8.47. The fourth-order valence-corrected chi connectivity index (χ4v) is 2.40. The molecule has 0 unspecified atom stereocenters. The molecular weight excluding hydrogens is 314 g/mol. The molecule has 0 aliphatic heterocycles. The van der Waals surface area contributed by atoms with Gasteiger partial charge in [-0.2, -0.15) is 0 Å². The van der Waals surface area contributed by atoms with Gasteiger partial charge in [-0.05, 0) is 48.7 Å². The predicted molar refractivity (Wildman–Crippen MR) is 89.1 cm³/mol. The molecule has 122 valence electrons. The van der Waals surface area contributed by atoms with Crippen LogP contribution in [-0.2, 0) is 4.84 Å². The molecule has 0 aliphatic rings. The smallest absolute Gasteiger partial charge is 0.351 e. The van der Waals surface area contributed by atoms with Crippen LogP contribution in [0.5, 0.6) is 11.5 Å². The highest BCUT2D eigenvalue weighted by molar-refractivity contribution is 7.98. The zero-order valence-electron chi connectivity index (χ0n) is 13.1. The number of aromatic nitrogens is 1. The van der Waals surface area contributed by atoms with Crippen LogP contribution < -0.4 is 9.46 Å². The minimum Gasteiger partial charge on any atom is -0.457 e. The summed E-state index contributed by atoms with van der Waals surface area (Å²) in [4.78, 5) is 21.8. The summed E-state index contributed by atoms with van der Waals surface area (Å²) in [6.45, 7) is 2.51. The number of pyridine rings is 1. The van der Waals surface area contributed by atoms with Crippen molar-refractivity contribution in [2.24, 2.45) is 0 Å². The summed E-state index contributed by atoms with van der Waals surface area (Å²) in [7, 11) is 1.48. The first-order valence-electron chi connectivity index (χ1n) is 7.19. The Morgan fingerprint density at radius 3 is 2.74 bits per heavy atom. The number of hydrogen-bond acceptors (Lipinski definition) is 5. The number of hydrogen-bond donors (Lipinski definition) is 1. The lowest BCUT2D eigenvalue weighted by atomic mass is 10.3. The molecule has 0 saturated heterocycles. The van der Waals surface area contributed by atoms with E-state index >= 15 is 0 Å². The minimum atomic E-state index is -0.292. The molecule has 0 atom stereocenters. The lowest BCUT2D eigenvalue weighted by molar-refractivity contribution is -0.0840. The second-order valence-corrected chi connectivity index (χ2v) is 5.43. The van der Waals surface area contributed by atoms with Crippen LogP contribution in [0.3, 0.4) is 0 Å². The van der Waals surface area contributed by atoms with Crippen molar-refractivity contribution in [1.82, 2.24) is 14.8 Å². The van der Waals surface area contributed by atoms with Crippen molar-refractivity contribution in [1.29, 1.82) is 0 Å². The predicted octanol–water partition coefficient (Wildman–Crippen LogP) is 3.86. The van der Waals surface area contributed by atoms with E-state index in [9.17, 15) is 4.79 Å². The molecule has 1 aromatic heterocycles. The fraction of sp³-hybridized carbons (Fsp3) is 0.250. The van der Waals surface area contributed by atoms with Gasteiger partial charge in [-0.25, -0.2) is 9.86 Å². The Morgan fingerprint density at radius 1 is 1.26 bits per heavy atom. The molecule has 1 aromatic carbocycles. The summed E-state index contributed by atoms with van der Waals surface area (Å²) in [5.74, 6) is 1.40. The molecule has 0 aliphatic carbocycles. The van der Waals surface area contributed by atoms with Crippen molar-refractivity contribution in [3.05, 3.63) is 48.8 Å². The van der Waals surface area contributed by atoms with E-state index < -0.39 is 0 Å². The molecule has 1 N–H and O–H groups in total. The topological polar surface area (TPSA) is 63.7 Å². The van der Waals surface area contributed by atoms with Crippen molar-refractivity contribution >= 4 is 18.0 Å². The molecule has 2 amide bonds. The first kappa shape index (κ1) is 17.1. The number of benzene rings is 1. The van der Waals surface area contributed by atoms with Crippen molar-refractivity contribution in [2.75, 3.05) is 13.7 Å². The molecule has 1 heterocycles. The highest BCUT2D eigenvalue weighted by Gasteiger charge is 2.12. The Balaban J connectivity index is 1.93. The van der Waals surface area contributed by atoms with Gasteiger partial charge in [-0.15, -0.1) is 0 Å². The molecule has 0 radical (unpaired) electrons. The first-order valence-corrected chi connectivity index (χ1v) is 8.01. The van der Waals surface area contributed by atoms with Crippen LogP contribution in [0.15, 0.2) is 53.7 Å². The molecule has 0 spiro atoms. The van der Waals surface area contributed by atoms with Crippen LogP contribution in [0.2, 0.25) is 0 Å². The van der Waals surface area contributed by atoms with Gasteiger partial charge in [0.05, 0.1) is 13.7 Å². The Morgan fingerprint density at radius 2 is 2.04 bits per heavy atom. The van der Waals surface area contributed by atoms with Crippen LogP contribution in [-0.4, -0.2) is 29.7 Å². The van der Waals surface area contributed by atoms with Crippen molar-refractivity contribution in [2.45, 2.75) is 18.2 Å². The summed E-state index contributed by atoms with van der Waals surface area (Å²) >= 11 is 1.21. The number of nitrogens with one attached hydrogen (secondary N) is 1. The van der Waals surface area contributed by atoms with E-state index in [0.29, 0.717) is 18.0 Å². The molecular formula is C16H19N3O3S. The zero-order chi connectivity index (χ0) is 16.5. The molecule has 0 fully saturated rings. The molecule has 2 aromatic rings. The van der Waals surface area contributed by atoms with Crippen LogP contribution in [0, 0.1) is 0 Å². The second-order valence-electron chi connectivity index (χ2n) is 4.55. The maximum atomic E-state index is 11.9. The Bertz CT molecular complexity index is 625. The SMILES string of the molecule is CCCN(OC)C(=O)NSc1cccc(Oc2ccncc2)c1. The number of carbonyl (C=O) groups is 1. The number of amides is 2. The van der Waals surface area contributed by atoms with Crippen LogP contribution >= 0.6 is 11.9 Å². The molecule has 7 heteroatoms. The molecule has 0 bridgehead atoms. The summed E-state index contributed by atoms with van der Waals surface area (Å²) in [6.07, 6.45) is 4.16. The maximum absolute atomic E-state index is 11.9. The summed E-state index contributed by atoms with van der Waals surface area (Å²) in [6, 6.07) is 10.7. The number of urea groups is 1. The van der Waals surface area contributed by atoms with E-state index in [1.165, 1.54) is 24.1 Å². The lowest BCUT2D eigenvalue weighted by Crippen LogP contribution is -2.36. The third kappa shape index (κ3) is 5.46. The average molecular weight is 333 g/mol. The number of hydroxylamine groups is 2. The third-order valence-corrected chi connectivity index (χ3v) is 3.59. The minimum absolute atomic E-state index is 0.292. The number of rotatable bonds is 7. The van der Waals surface area contributed by atoms with E-state index in [-0.39, 0.29) is 6.03 Å². The number of ether oxygens (including phenoxy) is 1. The maximum Gasteiger partial charge on any atom is 0.351 e. The van der Waals surface area contributed by atoms with E-state index in [1.54, 1.807) is 24.5 Å². The molecule has 6 nitrogen and oxygen atoms in total. The van der Waals surface area contributed by atoms with Crippen LogP contribution in [0.4, 0.5) is 4.79 Å². The average Bonchev–Trinajstić information content (AvgIpc) is 2.59. The van der Waals surface area contributed by atoms with E-state index in [1.807, 2.05) is 31.2 Å². The largest absolute Gasteiger partial charge is 0.457 e. The quantitative estimate of drug-likeness (QED) is 0.616. The van der Waals surface area contributed by atoms with Crippen molar-refractivity contribution in [3.8, 4) is 11.5 Å². The van der Waals surface area contributed by atoms with Gasteiger partial charge in [0, 0.05) is 17.3 Å². The monoisotopic (exact) mass is 333 g/mol. The molecule has 0 saturated carbocycles. The van der Waals surface area contributed by atoms with Gasteiger partial charge < -0.3 is 4.74 Å². The molecule has 2 rings (SSSR count). The highest BCUT2D eigenvalue weighted by Crippen LogP contribution is 2.25. The van der Waals surface area contributed by atoms with Gasteiger partial charge in [0.25, 0.3) is 0 Å². The van der Waals surface area contributed by atoms with Crippen molar-refractivity contribution in [3.63, 3.8) is 0 Å². The lowest BCUT2D eigenvalue weighted by Gasteiger charge is -2.18. The van der Waals surface area contributed by atoms with E-state index in [2.05, 4.69) is 9.71 Å². The summed E-state index contributed by atoms with van der Waals surface area (Å²) in [5, 5.41) is 1.28. The first-order chi connectivity index (χ1) is 11.2. The van der Waals surface area contributed by atoms with Crippen LogP contribution in [0.1, 0.15) is 13.3 Å². The van der Waals surface area contributed by atoms with Crippen molar-refractivity contribution < 1.29 is 14.4 Å². The Hall–Kier alpha value is -2.25. The van der Waals surface area contributed by atoms with Gasteiger partial charge in [-0.3, -0.25) is 14.5 Å². The van der Waals surface area contributed by atoms with Gasteiger partial charge in [-0.1, -0.05) is 13.0 Å². The van der Waals surface area contributed by atoms with E-state index in [0.717, 1.165) is 11.3 Å². The van der Waals surface area contributed by atoms with Gasteiger partial charge in [0.15, 0.2) is 0 Å². The van der Waals surface area contributed by atoms with E-state index in [4.69, 9.17) is 9.57 Å². The Kier molecular flexibility index (Phi) is 6.71. The van der Waals surface area contributed by atoms with Gasteiger partial charge in [0.2, 0.25) is 0 Å². The number of carbonyl (C=O) groups excluding carboxylic acids is 1. The van der Waals surface area contributed by atoms with Gasteiger partial charge >= 0.3 is 6.03 Å². The van der Waals surface area contributed by atoms with Crippen LogP contribution in [0.25, 0.3) is 0 Å². The standard InChI is InChI=1S/C16H19N3O3S/c1-3-11-19(21-2)16(20)18-23-15-6-4-5-14(12-15)22-13-7-9-17-10-8-13/h4-10,12H,3,11H2,1-2H3,(H,18,20). The summed E-state index contributed by atoms with van der Waals surface area (Å²) in [5.41, 5.74) is 0. The normalized spacial score (nSPS) is 10.2. The Labute approximate surface area is 139 Å². The number of nitrogens with zero attached hydrogens (tertiary/aromatic N) is 2. The fourth-order valence-electron chi connectivity index (χ4n) is 1.78.